The van der Waals surface area contributed by atoms with Gasteiger partial charge in [0.15, 0.2) is 5.96 Å². The van der Waals surface area contributed by atoms with Crippen LogP contribution in [0, 0.1) is 0 Å². The lowest BCUT2D eigenvalue weighted by molar-refractivity contribution is -0.142. The van der Waals surface area contributed by atoms with E-state index in [1.54, 1.807) is 0 Å². The van der Waals surface area contributed by atoms with Gasteiger partial charge in [0, 0.05) is 46.4 Å². The molecule has 0 radical (unpaired) electrons. The van der Waals surface area contributed by atoms with Gasteiger partial charge in [-0.1, -0.05) is 0 Å². The summed E-state index contributed by atoms with van der Waals surface area (Å²) in [7, 11) is 1.82. The number of guanidine groups is 1. The van der Waals surface area contributed by atoms with Crippen LogP contribution in [0.2, 0.25) is 0 Å². The SMILES string of the molecule is CN=C(NCCCSC)N1CCN(C(=O)C2CCCO2)CC1. The number of hydrogen-bond acceptors (Lipinski definition) is 4. The summed E-state index contributed by atoms with van der Waals surface area (Å²) in [4.78, 5) is 20.9. The Morgan fingerprint density at radius 3 is 2.64 bits per heavy atom. The maximum Gasteiger partial charge on any atom is 0.251 e. The second-order valence-electron chi connectivity index (χ2n) is 5.63. The molecule has 1 amide bonds. The molecule has 0 aliphatic carbocycles. The molecule has 2 aliphatic rings. The van der Waals surface area contributed by atoms with Crippen LogP contribution < -0.4 is 5.32 Å². The molecule has 2 aliphatic heterocycles. The summed E-state index contributed by atoms with van der Waals surface area (Å²) < 4.78 is 5.50. The van der Waals surface area contributed by atoms with Crippen molar-refractivity contribution in [3.05, 3.63) is 0 Å². The van der Waals surface area contributed by atoms with Crippen molar-refractivity contribution < 1.29 is 9.53 Å². The zero-order valence-corrected chi connectivity index (χ0v) is 14.5. The van der Waals surface area contributed by atoms with Crippen molar-refractivity contribution >= 4 is 23.6 Å². The van der Waals surface area contributed by atoms with Crippen molar-refractivity contribution in [1.29, 1.82) is 0 Å². The number of nitrogens with one attached hydrogen (secondary N) is 1. The lowest BCUT2D eigenvalue weighted by atomic mass is 10.2. The number of ether oxygens (including phenoxy) is 1. The number of thioether (sulfide) groups is 1. The number of aliphatic imine (C=N–C) groups is 1. The molecule has 1 N–H and O–H groups in total. The summed E-state index contributed by atoms with van der Waals surface area (Å²) in [5.41, 5.74) is 0. The fourth-order valence-corrected chi connectivity index (χ4v) is 3.30. The maximum absolute atomic E-state index is 12.3. The molecule has 0 bridgehead atoms. The Labute approximate surface area is 137 Å². The highest BCUT2D eigenvalue weighted by Gasteiger charge is 2.30. The molecule has 2 rings (SSSR count). The smallest absolute Gasteiger partial charge is 0.251 e. The number of hydrogen-bond donors (Lipinski definition) is 1. The van der Waals surface area contributed by atoms with Crippen LogP contribution in [0.1, 0.15) is 19.3 Å². The first-order valence-corrected chi connectivity index (χ1v) is 9.50. The monoisotopic (exact) mass is 328 g/mol. The standard InChI is InChI=1S/C15H28N4O2S/c1-16-15(17-6-4-12-22-2)19-9-7-18(8-10-19)14(20)13-5-3-11-21-13/h13H,3-12H2,1-2H3,(H,16,17). The normalized spacial score (nSPS) is 23.0. The van der Waals surface area contributed by atoms with Gasteiger partial charge >= 0.3 is 0 Å². The number of piperazine rings is 1. The fraction of sp³-hybridized carbons (Fsp3) is 0.867. The van der Waals surface area contributed by atoms with Crippen molar-refractivity contribution in [3.63, 3.8) is 0 Å². The third-order valence-corrected chi connectivity index (χ3v) is 4.81. The van der Waals surface area contributed by atoms with E-state index >= 15 is 0 Å². The van der Waals surface area contributed by atoms with E-state index in [1.165, 1.54) is 0 Å². The van der Waals surface area contributed by atoms with Crippen molar-refractivity contribution in [2.45, 2.75) is 25.4 Å². The van der Waals surface area contributed by atoms with E-state index in [0.29, 0.717) is 0 Å². The minimum Gasteiger partial charge on any atom is -0.368 e. The quantitative estimate of drug-likeness (QED) is 0.456. The second kappa shape index (κ2) is 9.25. The minimum absolute atomic E-state index is 0.167. The summed E-state index contributed by atoms with van der Waals surface area (Å²) in [6.07, 6.45) is 4.94. The minimum atomic E-state index is -0.199. The van der Waals surface area contributed by atoms with Crippen LogP contribution >= 0.6 is 11.8 Å². The predicted molar refractivity (Wildman–Crippen MR) is 91.5 cm³/mol. The van der Waals surface area contributed by atoms with Crippen molar-refractivity contribution in [2.75, 3.05) is 58.4 Å². The molecule has 0 spiro atoms. The Hall–Kier alpha value is -0.950. The number of rotatable bonds is 5. The number of nitrogens with zero attached hydrogens (tertiary/aromatic N) is 3. The second-order valence-corrected chi connectivity index (χ2v) is 6.62. The molecular formula is C15H28N4O2S. The van der Waals surface area contributed by atoms with Gasteiger partial charge in [0.25, 0.3) is 5.91 Å². The van der Waals surface area contributed by atoms with E-state index in [4.69, 9.17) is 4.74 Å². The van der Waals surface area contributed by atoms with Crippen LogP contribution in [0.3, 0.4) is 0 Å². The molecule has 1 unspecified atom stereocenters. The first-order valence-electron chi connectivity index (χ1n) is 8.11. The molecule has 2 heterocycles. The average molecular weight is 328 g/mol. The van der Waals surface area contributed by atoms with Crippen LogP contribution in [0.5, 0.6) is 0 Å². The zero-order chi connectivity index (χ0) is 15.8. The van der Waals surface area contributed by atoms with E-state index < -0.39 is 0 Å². The summed E-state index contributed by atoms with van der Waals surface area (Å²) >= 11 is 1.86. The van der Waals surface area contributed by atoms with Gasteiger partial charge in [0.05, 0.1) is 0 Å². The maximum atomic E-state index is 12.3. The van der Waals surface area contributed by atoms with Gasteiger partial charge in [-0.15, -0.1) is 0 Å². The fourth-order valence-electron chi connectivity index (χ4n) is 2.86. The molecule has 22 heavy (non-hydrogen) atoms. The van der Waals surface area contributed by atoms with E-state index in [2.05, 4.69) is 21.5 Å². The summed E-state index contributed by atoms with van der Waals surface area (Å²) in [5.74, 6) is 2.28. The van der Waals surface area contributed by atoms with Crippen LogP contribution in [-0.4, -0.2) is 86.2 Å². The topological polar surface area (TPSA) is 57.2 Å². The Balaban J connectivity index is 1.74. The van der Waals surface area contributed by atoms with Gasteiger partial charge in [0.1, 0.15) is 6.10 Å². The van der Waals surface area contributed by atoms with E-state index in [0.717, 1.165) is 70.3 Å². The average Bonchev–Trinajstić information content (AvgIpc) is 3.09. The Morgan fingerprint density at radius 1 is 1.32 bits per heavy atom. The van der Waals surface area contributed by atoms with Crippen molar-refractivity contribution in [2.24, 2.45) is 4.99 Å². The van der Waals surface area contributed by atoms with E-state index in [9.17, 15) is 4.79 Å². The van der Waals surface area contributed by atoms with Gasteiger partial charge < -0.3 is 19.9 Å². The van der Waals surface area contributed by atoms with Gasteiger partial charge in [-0.3, -0.25) is 9.79 Å². The molecule has 0 aromatic heterocycles. The van der Waals surface area contributed by atoms with Crippen LogP contribution in [0.4, 0.5) is 0 Å². The molecular weight excluding hydrogens is 300 g/mol. The van der Waals surface area contributed by atoms with Crippen molar-refractivity contribution in [1.82, 2.24) is 15.1 Å². The number of carbonyl (C=O) groups is 1. The number of amides is 1. The molecule has 0 saturated carbocycles. The van der Waals surface area contributed by atoms with Crippen LogP contribution in [0.25, 0.3) is 0 Å². The molecule has 0 aromatic carbocycles. The molecule has 126 valence electrons. The van der Waals surface area contributed by atoms with Crippen molar-refractivity contribution in [3.8, 4) is 0 Å². The summed E-state index contributed by atoms with van der Waals surface area (Å²) in [6.45, 7) is 4.85. The largest absolute Gasteiger partial charge is 0.368 e. The van der Waals surface area contributed by atoms with Gasteiger partial charge in [-0.25, -0.2) is 0 Å². The van der Waals surface area contributed by atoms with Gasteiger partial charge in [-0.05, 0) is 31.3 Å². The van der Waals surface area contributed by atoms with Crippen LogP contribution in [-0.2, 0) is 9.53 Å². The molecule has 2 saturated heterocycles. The van der Waals surface area contributed by atoms with Gasteiger partial charge in [-0.2, -0.15) is 11.8 Å². The third kappa shape index (κ3) is 4.78. The summed E-state index contributed by atoms with van der Waals surface area (Å²) in [5, 5.41) is 3.41. The van der Waals surface area contributed by atoms with E-state index in [-0.39, 0.29) is 12.0 Å². The summed E-state index contributed by atoms with van der Waals surface area (Å²) in [6, 6.07) is 0. The highest BCUT2D eigenvalue weighted by Crippen LogP contribution is 2.16. The highest BCUT2D eigenvalue weighted by molar-refractivity contribution is 7.98. The van der Waals surface area contributed by atoms with Crippen LogP contribution in [0.15, 0.2) is 4.99 Å². The molecule has 0 aromatic rings. The third-order valence-electron chi connectivity index (χ3n) is 4.12. The van der Waals surface area contributed by atoms with Gasteiger partial charge in [0.2, 0.25) is 0 Å². The Bertz CT molecular complexity index is 378. The first-order chi connectivity index (χ1) is 10.8. The zero-order valence-electron chi connectivity index (χ0n) is 13.7. The Kier molecular flexibility index (Phi) is 7.32. The van der Waals surface area contributed by atoms with E-state index in [1.807, 2.05) is 23.7 Å². The number of carbonyl (C=O) groups excluding carboxylic acids is 1. The predicted octanol–water partition coefficient (Wildman–Crippen LogP) is 0.638. The lowest BCUT2D eigenvalue weighted by Gasteiger charge is -2.37. The Morgan fingerprint density at radius 2 is 2.05 bits per heavy atom. The first kappa shape index (κ1) is 17.4. The molecule has 6 nitrogen and oxygen atoms in total. The lowest BCUT2D eigenvalue weighted by Crippen LogP contribution is -2.55. The molecule has 1 atom stereocenters. The molecule has 7 heteroatoms. The highest BCUT2D eigenvalue weighted by atomic mass is 32.2. The molecule has 2 fully saturated rings.